The van der Waals surface area contributed by atoms with Crippen molar-refractivity contribution in [2.24, 2.45) is 0 Å². The molecule has 0 bridgehead atoms. The van der Waals surface area contributed by atoms with Crippen LogP contribution in [0.2, 0.25) is 0 Å². The van der Waals surface area contributed by atoms with E-state index in [9.17, 15) is 9.90 Å². The Bertz CT molecular complexity index is 1240. The zero-order chi connectivity index (χ0) is 23.4. The molecule has 0 spiro atoms. The highest BCUT2D eigenvalue weighted by molar-refractivity contribution is 5.97. The van der Waals surface area contributed by atoms with Gasteiger partial charge in [0.15, 0.2) is 0 Å². The molecule has 7 nitrogen and oxygen atoms in total. The molecule has 174 valence electrons. The number of esters is 1. The van der Waals surface area contributed by atoms with E-state index >= 15 is 0 Å². The fourth-order valence-electron chi connectivity index (χ4n) is 4.03. The molecule has 0 saturated heterocycles. The molecule has 2 aromatic heterocycles. The van der Waals surface area contributed by atoms with Crippen LogP contribution in [-0.2, 0) is 11.2 Å². The first kappa shape index (κ1) is 22.9. The van der Waals surface area contributed by atoms with Crippen molar-refractivity contribution in [3.05, 3.63) is 66.0 Å². The summed E-state index contributed by atoms with van der Waals surface area (Å²) in [5.41, 5.74) is 3.32. The molecular formula is C26H31N3O4. The van der Waals surface area contributed by atoms with Crippen molar-refractivity contribution in [3.8, 4) is 5.75 Å². The molecule has 0 radical (unpaired) electrons. The van der Waals surface area contributed by atoms with Crippen LogP contribution in [0.25, 0.3) is 21.8 Å². The third-order valence-electron chi connectivity index (χ3n) is 5.67. The fraction of sp³-hybridized carbons (Fsp3) is 0.346. The van der Waals surface area contributed by atoms with E-state index in [1.165, 1.54) is 10.9 Å². The highest BCUT2D eigenvalue weighted by Gasteiger charge is 2.21. The van der Waals surface area contributed by atoms with Crippen LogP contribution in [0.5, 0.6) is 5.75 Å². The van der Waals surface area contributed by atoms with Gasteiger partial charge in [0.1, 0.15) is 24.2 Å². The molecule has 0 aliphatic heterocycles. The number of H-pyrrole nitrogens is 2. The summed E-state index contributed by atoms with van der Waals surface area (Å²) in [5.74, 6) is 0.206. The number of rotatable bonds is 10. The number of fused-ring (bicyclic) bond motifs is 2. The largest absolute Gasteiger partial charge is 0.490 e. The van der Waals surface area contributed by atoms with Gasteiger partial charge in [-0.3, -0.25) is 0 Å². The Kier molecular flexibility index (Phi) is 6.72. The minimum Gasteiger partial charge on any atom is -0.490 e. The van der Waals surface area contributed by atoms with Gasteiger partial charge in [-0.25, -0.2) is 4.79 Å². The van der Waals surface area contributed by atoms with Crippen molar-refractivity contribution in [2.75, 3.05) is 19.8 Å². The molecule has 2 heterocycles. The average molecular weight is 450 g/mol. The van der Waals surface area contributed by atoms with Gasteiger partial charge in [-0.1, -0.05) is 24.3 Å². The van der Waals surface area contributed by atoms with E-state index in [1.807, 2.05) is 30.3 Å². The number of carbonyl (C=O) groups is 1. The molecule has 0 saturated carbocycles. The maximum Gasteiger partial charge on any atom is 0.354 e. The van der Waals surface area contributed by atoms with Crippen LogP contribution in [-0.4, -0.2) is 52.4 Å². The van der Waals surface area contributed by atoms with Crippen LogP contribution in [0.1, 0.15) is 36.8 Å². The predicted octanol–water partition coefficient (Wildman–Crippen LogP) is 4.18. The lowest BCUT2D eigenvalue weighted by atomic mass is 9.94. The van der Waals surface area contributed by atoms with Gasteiger partial charge < -0.3 is 29.9 Å². The first-order valence-corrected chi connectivity index (χ1v) is 11.3. The van der Waals surface area contributed by atoms with E-state index in [2.05, 4.69) is 47.5 Å². The Hall–Kier alpha value is -3.29. The highest BCUT2D eigenvalue weighted by atomic mass is 16.5. The number of aromatic nitrogens is 2. The standard InChI is InChI=1S/C26H31N3O4/c1-4-32-25(31)23-12-20-22(29-23)10-7-11-24(20)33-16-18(30)15-28-26(2,3)13-17-14-27-21-9-6-5-8-19(17)21/h5-12,14,18,27-30H,4,13,15-16H2,1-3H3. The van der Waals surface area contributed by atoms with Gasteiger partial charge in [-0.15, -0.1) is 0 Å². The van der Waals surface area contributed by atoms with Crippen molar-refractivity contribution < 1.29 is 19.4 Å². The van der Waals surface area contributed by atoms with Crippen LogP contribution >= 0.6 is 0 Å². The van der Waals surface area contributed by atoms with E-state index in [0.717, 1.165) is 22.8 Å². The van der Waals surface area contributed by atoms with Crippen molar-refractivity contribution in [2.45, 2.75) is 38.8 Å². The topological polar surface area (TPSA) is 99.4 Å². The summed E-state index contributed by atoms with van der Waals surface area (Å²) in [6.07, 6.45) is 2.19. The lowest BCUT2D eigenvalue weighted by molar-refractivity contribution is 0.0520. The van der Waals surface area contributed by atoms with E-state index in [1.54, 1.807) is 13.0 Å². The number of β-amino-alcohol motifs (C(OH)–C–C–N with tert-alkyl or cyclic N) is 1. The summed E-state index contributed by atoms with van der Waals surface area (Å²) in [6.45, 7) is 6.86. The lowest BCUT2D eigenvalue weighted by Crippen LogP contribution is -2.46. The summed E-state index contributed by atoms with van der Waals surface area (Å²) in [6, 6.07) is 15.5. The molecule has 33 heavy (non-hydrogen) atoms. The Morgan fingerprint density at radius 2 is 1.91 bits per heavy atom. The SMILES string of the molecule is CCOC(=O)c1cc2c(OCC(O)CNC(C)(C)Cc3c[nH]c4ccccc34)cccc2[nH]1. The lowest BCUT2D eigenvalue weighted by Gasteiger charge is -2.28. The molecule has 0 fully saturated rings. The molecule has 1 atom stereocenters. The zero-order valence-corrected chi connectivity index (χ0v) is 19.3. The molecule has 4 aromatic rings. The Morgan fingerprint density at radius 1 is 1.12 bits per heavy atom. The number of aromatic amines is 2. The molecule has 0 amide bonds. The van der Waals surface area contributed by atoms with Gasteiger partial charge in [0.2, 0.25) is 0 Å². The van der Waals surface area contributed by atoms with Crippen molar-refractivity contribution in [1.82, 2.24) is 15.3 Å². The molecular weight excluding hydrogens is 418 g/mol. The third kappa shape index (κ3) is 5.38. The van der Waals surface area contributed by atoms with Crippen LogP contribution in [0, 0.1) is 0 Å². The molecule has 2 aromatic carbocycles. The first-order valence-electron chi connectivity index (χ1n) is 11.3. The molecule has 4 rings (SSSR count). The van der Waals surface area contributed by atoms with Crippen LogP contribution in [0.3, 0.4) is 0 Å². The normalized spacial score (nSPS) is 12.8. The first-order chi connectivity index (χ1) is 15.9. The van der Waals surface area contributed by atoms with E-state index < -0.39 is 12.1 Å². The molecule has 0 aliphatic carbocycles. The van der Waals surface area contributed by atoms with Gasteiger partial charge in [-0.05, 0) is 57.0 Å². The van der Waals surface area contributed by atoms with Crippen LogP contribution in [0.15, 0.2) is 54.7 Å². The van der Waals surface area contributed by atoms with Gasteiger partial charge >= 0.3 is 5.97 Å². The Balaban J connectivity index is 1.34. The van der Waals surface area contributed by atoms with Crippen molar-refractivity contribution in [1.29, 1.82) is 0 Å². The van der Waals surface area contributed by atoms with Gasteiger partial charge in [-0.2, -0.15) is 0 Å². The number of hydrogen-bond acceptors (Lipinski definition) is 5. The smallest absolute Gasteiger partial charge is 0.354 e. The minimum absolute atomic E-state index is 0.134. The van der Waals surface area contributed by atoms with Crippen LogP contribution < -0.4 is 10.1 Å². The van der Waals surface area contributed by atoms with Gasteiger partial charge in [0.25, 0.3) is 0 Å². The average Bonchev–Trinajstić information content (AvgIpc) is 3.41. The van der Waals surface area contributed by atoms with E-state index in [4.69, 9.17) is 9.47 Å². The monoisotopic (exact) mass is 449 g/mol. The van der Waals surface area contributed by atoms with Crippen LogP contribution in [0.4, 0.5) is 0 Å². The number of nitrogens with one attached hydrogen (secondary N) is 3. The number of carbonyl (C=O) groups excluding carboxylic acids is 1. The molecule has 0 aliphatic rings. The van der Waals surface area contributed by atoms with Gasteiger partial charge in [0.05, 0.1) is 6.61 Å². The number of para-hydroxylation sites is 1. The second-order valence-electron chi connectivity index (χ2n) is 8.89. The number of benzene rings is 2. The molecule has 4 N–H and O–H groups in total. The summed E-state index contributed by atoms with van der Waals surface area (Å²) in [5, 5.41) is 16.0. The maximum absolute atomic E-state index is 12.0. The fourth-order valence-corrected chi connectivity index (χ4v) is 4.03. The van der Waals surface area contributed by atoms with Gasteiger partial charge in [0, 0.05) is 40.1 Å². The molecule has 7 heteroatoms. The van der Waals surface area contributed by atoms with E-state index in [-0.39, 0.29) is 12.1 Å². The second kappa shape index (κ2) is 9.68. The van der Waals surface area contributed by atoms with E-state index in [0.29, 0.717) is 24.6 Å². The zero-order valence-electron chi connectivity index (χ0n) is 19.3. The van der Waals surface area contributed by atoms with Crippen molar-refractivity contribution in [3.63, 3.8) is 0 Å². The summed E-state index contributed by atoms with van der Waals surface area (Å²) in [7, 11) is 0. The number of aliphatic hydroxyl groups is 1. The number of ether oxygens (including phenoxy) is 2. The number of hydrogen-bond donors (Lipinski definition) is 4. The third-order valence-corrected chi connectivity index (χ3v) is 5.67. The number of aliphatic hydroxyl groups excluding tert-OH is 1. The quantitative estimate of drug-likeness (QED) is 0.272. The minimum atomic E-state index is -0.689. The molecule has 1 unspecified atom stereocenters. The predicted molar refractivity (Wildman–Crippen MR) is 130 cm³/mol. The second-order valence-corrected chi connectivity index (χ2v) is 8.89. The Labute approximate surface area is 193 Å². The highest BCUT2D eigenvalue weighted by Crippen LogP contribution is 2.27. The van der Waals surface area contributed by atoms with Crippen molar-refractivity contribution >= 4 is 27.8 Å². The summed E-state index contributed by atoms with van der Waals surface area (Å²) < 4.78 is 11.0. The summed E-state index contributed by atoms with van der Waals surface area (Å²) >= 11 is 0. The summed E-state index contributed by atoms with van der Waals surface area (Å²) in [4.78, 5) is 18.4. The maximum atomic E-state index is 12.0. The Morgan fingerprint density at radius 3 is 2.73 bits per heavy atom.